The Balaban J connectivity index is 1.99. The van der Waals surface area contributed by atoms with Crippen LogP contribution >= 0.6 is 0 Å². The first-order chi connectivity index (χ1) is 13.3. The lowest BCUT2D eigenvalue weighted by atomic mass is 9.96. The minimum absolute atomic E-state index is 0.00125. The van der Waals surface area contributed by atoms with Crippen LogP contribution in [0.2, 0.25) is 0 Å². The van der Waals surface area contributed by atoms with Crippen molar-refractivity contribution in [2.24, 2.45) is 17.6 Å². The summed E-state index contributed by atoms with van der Waals surface area (Å²) in [6, 6.07) is 6.13. The third kappa shape index (κ3) is 4.76. The highest BCUT2D eigenvalue weighted by atomic mass is 16.4. The number of carbonyl (C=O) groups is 3. The zero-order valence-electron chi connectivity index (χ0n) is 15.9. The lowest BCUT2D eigenvalue weighted by Gasteiger charge is -2.22. The molecule has 1 aromatic rings. The number of nitrogens with two attached hydrogens (primary N) is 1. The Kier molecular flexibility index (Phi) is 6.92. The maximum atomic E-state index is 12.7. The fourth-order valence-corrected chi connectivity index (χ4v) is 3.38. The Morgan fingerprint density at radius 2 is 2.07 bits per heavy atom. The number of amides is 2. The molecule has 0 saturated carbocycles. The molecule has 150 valence electrons. The van der Waals surface area contributed by atoms with Gasteiger partial charge in [0.2, 0.25) is 11.8 Å². The molecule has 0 spiro atoms. The van der Waals surface area contributed by atoms with Gasteiger partial charge in [-0.1, -0.05) is 13.0 Å². The van der Waals surface area contributed by atoms with Crippen molar-refractivity contribution in [3.63, 3.8) is 0 Å². The number of nitrogen functional groups attached to an aromatic ring is 1. The first kappa shape index (κ1) is 21.1. The summed E-state index contributed by atoms with van der Waals surface area (Å²) < 4.78 is 0. The van der Waals surface area contributed by atoms with E-state index in [0.717, 1.165) is 0 Å². The molecule has 1 aromatic carbocycles. The zero-order chi connectivity index (χ0) is 20.8. The van der Waals surface area contributed by atoms with Gasteiger partial charge in [0.05, 0.1) is 12.0 Å². The van der Waals surface area contributed by atoms with E-state index in [9.17, 15) is 19.5 Å². The molecule has 0 aromatic heterocycles. The monoisotopic (exact) mass is 386 g/mol. The van der Waals surface area contributed by atoms with E-state index >= 15 is 0 Å². The van der Waals surface area contributed by atoms with Crippen molar-refractivity contribution < 1.29 is 19.5 Å². The van der Waals surface area contributed by atoms with Crippen molar-refractivity contribution in [2.45, 2.75) is 32.2 Å². The number of benzene rings is 1. The van der Waals surface area contributed by atoms with Crippen LogP contribution in [0.1, 0.15) is 31.7 Å². The van der Waals surface area contributed by atoms with Crippen molar-refractivity contribution in [1.82, 2.24) is 5.32 Å². The molecule has 2 rings (SSSR count). The number of rotatable bonds is 9. The molecule has 0 bridgehead atoms. The quantitative estimate of drug-likeness (QED) is 0.290. The summed E-state index contributed by atoms with van der Waals surface area (Å²) in [5.41, 5.74) is 6.71. The van der Waals surface area contributed by atoms with Crippen molar-refractivity contribution >= 4 is 29.3 Å². The Bertz CT molecular complexity index is 775. The minimum Gasteiger partial charge on any atom is -0.481 e. The number of anilines is 1. The summed E-state index contributed by atoms with van der Waals surface area (Å²) in [6.45, 7) is 5.83. The number of hydrogen-bond acceptors (Lipinski definition) is 4. The maximum Gasteiger partial charge on any atom is 0.308 e. The van der Waals surface area contributed by atoms with Gasteiger partial charge >= 0.3 is 5.97 Å². The summed E-state index contributed by atoms with van der Waals surface area (Å²) in [6.07, 6.45) is 2.31. The van der Waals surface area contributed by atoms with Gasteiger partial charge in [-0.25, -0.2) is 0 Å². The van der Waals surface area contributed by atoms with Crippen LogP contribution in [0.4, 0.5) is 5.69 Å². The van der Waals surface area contributed by atoms with Crippen LogP contribution in [0, 0.1) is 17.2 Å². The van der Waals surface area contributed by atoms with Crippen LogP contribution in [0.15, 0.2) is 36.9 Å². The number of carboxylic acid groups (broad SMARTS) is 1. The van der Waals surface area contributed by atoms with E-state index < -0.39 is 23.8 Å². The van der Waals surface area contributed by atoms with Crippen LogP contribution < -0.4 is 16.0 Å². The van der Waals surface area contributed by atoms with Crippen molar-refractivity contribution in [3.8, 4) is 0 Å². The van der Waals surface area contributed by atoms with E-state index in [4.69, 9.17) is 11.1 Å². The highest BCUT2D eigenvalue weighted by Crippen LogP contribution is 2.27. The first-order valence-corrected chi connectivity index (χ1v) is 9.19. The number of nitrogens with one attached hydrogen (secondary N) is 2. The van der Waals surface area contributed by atoms with Gasteiger partial charge < -0.3 is 21.1 Å². The predicted molar refractivity (Wildman–Crippen MR) is 106 cm³/mol. The molecule has 28 heavy (non-hydrogen) atoms. The molecule has 3 atom stereocenters. The second-order valence-electron chi connectivity index (χ2n) is 6.82. The van der Waals surface area contributed by atoms with Gasteiger partial charge in [0.15, 0.2) is 0 Å². The molecule has 1 aliphatic rings. The van der Waals surface area contributed by atoms with Gasteiger partial charge in [0, 0.05) is 30.1 Å². The second-order valence-corrected chi connectivity index (χ2v) is 6.82. The smallest absolute Gasteiger partial charge is 0.308 e. The Morgan fingerprint density at radius 1 is 1.43 bits per heavy atom. The average Bonchev–Trinajstić information content (AvgIpc) is 3.01. The molecule has 0 aliphatic carbocycles. The van der Waals surface area contributed by atoms with Crippen molar-refractivity contribution in [3.05, 3.63) is 42.5 Å². The molecule has 1 saturated heterocycles. The summed E-state index contributed by atoms with van der Waals surface area (Å²) in [5, 5.41) is 19.3. The molecule has 1 aliphatic heterocycles. The van der Waals surface area contributed by atoms with Gasteiger partial charge in [-0.05, 0) is 37.1 Å². The minimum atomic E-state index is -0.996. The van der Waals surface area contributed by atoms with Gasteiger partial charge in [0.25, 0.3) is 0 Å². The maximum absolute atomic E-state index is 12.7. The number of carbonyl (C=O) groups excluding carboxylic acids is 2. The molecule has 8 nitrogen and oxygen atoms in total. The van der Waals surface area contributed by atoms with Crippen LogP contribution in [-0.2, 0) is 14.4 Å². The number of aliphatic carboxylic acids is 1. The molecule has 8 heteroatoms. The van der Waals surface area contributed by atoms with E-state index in [1.165, 1.54) is 6.08 Å². The van der Waals surface area contributed by atoms with Crippen LogP contribution in [-0.4, -0.2) is 41.3 Å². The van der Waals surface area contributed by atoms with E-state index in [-0.39, 0.29) is 24.1 Å². The summed E-state index contributed by atoms with van der Waals surface area (Å²) in [4.78, 5) is 37.9. The van der Waals surface area contributed by atoms with Crippen molar-refractivity contribution in [2.75, 3.05) is 11.4 Å². The van der Waals surface area contributed by atoms with E-state index in [0.29, 0.717) is 30.6 Å². The molecule has 5 N–H and O–H groups in total. The molecule has 0 radical (unpaired) electrons. The van der Waals surface area contributed by atoms with Gasteiger partial charge in [-0.15, -0.1) is 6.58 Å². The van der Waals surface area contributed by atoms with Crippen LogP contribution in [0.3, 0.4) is 0 Å². The highest BCUT2D eigenvalue weighted by Gasteiger charge is 2.35. The lowest BCUT2D eigenvalue weighted by Crippen LogP contribution is -2.42. The van der Waals surface area contributed by atoms with E-state index in [1.54, 1.807) is 36.1 Å². The largest absolute Gasteiger partial charge is 0.481 e. The number of carboxylic acids is 1. The van der Waals surface area contributed by atoms with Crippen LogP contribution in [0.5, 0.6) is 0 Å². The summed E-state index contributed by atoms with van der Waals surface area (Å²) >= 11 is 0. The Hall–Kier alpha value is -3.16. The number of amidine groups is 1. The fourth-order valence-electron chi connectivity index (χ4n) is 3.38. The van der Waals surface area contributed by atoms with Crippen LogP contribution in [0.25, 0.3) is 0 Å². The van der Waals surface area contributed by atoms with Gasteiger partial charge in [-0.3, -0.25) is 19.8 Å². The second kappa shape index (κ2) is 9.16. The fraction of sp³-hybridized carbons (Fsp3) is 0.400. The summed E-state index contributed by atoms with van der Waals surface area (Å²) in [7, 11) is 0. The van der Waals surface area contributed by atoms with E-state index in [1.807, 2.05) is 0 Å². The molecular weight excluding hydrogens is 360 g/mol. The third-order valence-electron chi connectivity index (χ3n) is 5.01. The predicted octanol–water partition coefficient (Wildman–Crippen LogP) is 1.50. The number of nitrogens with zero attached hydrogens (tertiary/aromatic N) is 1. The highest BCUT2D eigenvalue weighted by molar-refractivity contribution is 6.00. The molecule has 2 amide bonds. The third-order valence-corrected chi connectivity index (χ3v) is 5.01. The normalized spacial score (nSPS) is 18.4. The van der Waals surface area contributed by atoms with E-state index in [2.05, 4.69) is 11.9 Å². The molecule has 1 fully saturated rings. The zero-order valence-corrected chi connectivity index (χ0v) is 15.9. The van der Waals surface area contributed by atoms with Gasteiger partial charge in [-0.2, -0.15) is 0 Å². The first-order valence-electron chi connectivity index (χ1n) is 9.19. The SMILES string of the molecule is C=CC(NC(=O)C[C@@H]1CCN(c2ccc(C(=N)N)cc2)C1=O)C(CC)C(=O)O. The Morgan fingerprint density at radius 3 is 2.57 bits per heavy atom. The average molecular weight is 386 g/mol. The summed E-state index contributed by atoms with van der Waals surface area (Å²) in [5.74, 6) is -2.76. The van der Waals surface area contributed by atoms with Crippen molar-refractivity contribution in [1.29, 1.82) is 5.41 Å². The molecular formula is C20H26N4O4. The topological polar surface area (TPSA) is 137 Å². The lowest BCUT2D eigenvalue weighted by molar-refractivity contribution is -0.142. The van der Waals surface area contributed by atoms with Gasteiger partial charge in [0.1, 0.15) is 5.84 Å². The Labute approximate surface area is 163 Å². The molecule has 2 unspecified atom stereocenters. The standard InChI is InChI=1S/C20H26N4O4/c1-3-15(20(27)28)16(4-2)23-17(25)11-13-9-10-24(19(13)26)14-7-5-12(6-8-14)18(21)22/h4-8,13,15-16H,2-3,9-11H2,1H3,(H3,21,22)(H,23,25)(H,27,28)/t13-,15?,16?/m0/s1. The number of hydrogen-bond donors (Lipinski definition) is 4. The molecule has 1 heterocycles.